The van der Waals surface area contributed by atoms with Crippen molar-refractivity contribution in [1.82, 2.24) is 10.3 Å². The van der Waals surface area contributed by atoms with Gasteiger partial charge in [-0.1, -0.05) is 13.8 Å². The van der Waals surface area contributed by atoms with Crippen molar-refractivity contribution in [2.24, 2.45) is 5.41 Å². The van der Waals surface area contributed by atoms with Gasteiger partial charge in [-0.25, -0.2) is 4.98 Å². The van der Waals surface area contributed by atoms with Gasteiger partial charge in [-0.2, -0.15) is 0 Å². The predicted octanol–water partition coefficient (Wildman–Crippen LogP) is 1.46. The van der Waals surface area contributed by atoms with Gasteiger partial charge in [0.25, 0.3) is 5.91 Å². The number of hydrogen-bond acceptors (Lipinski definition) is 3. The zero-order chi connectivity index (χ0) is 9.47. The minimum Gasteiger partial charge on any atom is -0.351 e. The highest BCUT2D eigenvalue weighted by atomic mass is 32.1. The molecule has 1 aromatic heterocycles. The van der Waals surface area contributed by atoms with Crippen LogP contribution < -0.4 is 5.32 Å². The third-order valence-electron chi connectivity index (χ3n) is 2.22. The lowest BCUT2D eigenvalue weighted by Crippen LogP contribution is -2.31. The Bertz CT molecular complexity index is 343. The Balaban J connectivity index is 2.41. The number of fused-ring (bicyclic) bond motifs is 1. The number of aromatic nitrogens is 1. The van der Waals surface area contributed by atoms with Crippen LogP contribution in [0.5, 0.6) is 0 Å². The number of carbonyl (C=O) groups is 1. The molecule has 70 valence electrons. The molecule has 0 unspecified atom stereocenters. The minimum absolute atomic E-state index is 0.0306. The average Bonchev–Trinajstić information content (AvgIpc) is 2.44. The highest BCUT2D eigenvalue weighted by molar-refractivity contribution is 7.11. The molecule has 1 N–H and O–H groups in total. The molecule has 0 aliphatic carbocycles. The number of nitrogens with zero attached hydrogens (tertiary/aromatic N) is 1. The lowest BCUT2D eigenvalue weighted by molar-refractivity contribution is 0.0948. The molecule has 2 heterocycles. The van der Waals surface area contributed by atoms with Crippen molar-refractivity contribution in [3.63, 3.8) is 0 Å². The summed E-state index contributed by atoms with van der Waals surface area (Å²) >= 11 is 1.42. The molecule has 1 amide bonds. The Kier molecular flexibility index (Phi) is 1.87. The Labute approximate surface area is 81.2 Å². The van der Waals surface area contributed by atoms with Crippen molar-refractivity contribution in [1.29, 1.82) is 0 Å². The largest absolute Gasteiger partial charge is 0.351 e. The van der Waals surface area contributed by atoms with E-state index in [2.05, 4.69) is 24.1 Å². The molecule has 1 aliphatic rings. The number of carbonyl (C=O) groups excluding carboxylic acids is 1. The fourth-order valence-electron chi connectivity index (χ4n) is 1.50. The lowest BCUT2D eigenvalue weighted by atomic mass is 9.88. The highest BCUT2D eigenvalue weighted by Gasteiger charge is 2.28. The molecule has 0 saturated heterocycles. The van der Waals surface area contributed by atoms with E-state index < -0.39 is 0 Å². The summed E-state index contributed by atoms with van der Waals surface area (Å²) in [5.41, 5.74) is 2.81. The second kappa shape index (κ2) is 2.80. The maximum absolute atomic E-state index is 11.5. The smallest absolute Gasteiger partial charge is 0.263 e. The average molecular weight is 196 g/mol. The minimum atomic E-state index is 0.0306. The van der Waals surface area contributed by atoms with Crippen molar-refractivity contribution in [2.45, 2.75) is 20.3 Å². The molecule has 0 spiro atoms. The summed E-state index contributed by atoms with van der Waals surface area (Å²) in [5, 5.41) is 2.91. The van der Waals surface area contributed by atoms with Gasteiger partial charge >= 0.3 is 0 Å². The number of rotatable bonds is 0. The SMILES string of the molecule is CC1(C)CNC(=O)c2scnc2C1. The molecule has 1 aliphatic heterocycles. The third kappa shape index (κ3) is 1.58. The lowest BCUT2D eigenvalue weighted by Gasteiger charge is -2.20. The van der Waals surface area contributed by atoms with Crippen LogP contribution >= 0.6 is 11.3 Å². The zero-order valence-corrected chi connectivity index (χ0v) is 8.57. The van der Waals surface area contributed by atoms with Crippen LogP contribution in [0.1, 0.15) is 29.2 Å². The van der Waals surface area contributed by atoms with Gasteiger partial charge in [0.2, 0.25) is 0 Å². The molecular weight excluding hydrogens is 184 g/mol. The van der Waals surface area contributed by atoms with Crippen molar-refractivity contribution in [3.8, 4) is 0 Å². The molecule has 0 bridgehead atoms. The Morgan fingerprint density at radius 2 is 2.38 bits per heavy atom. The van der Waals surface area contributed by atoms with Crippen LogP contribution in [0, 0.1) is 5.41 Å². The monoisotopic (exact) mass is 196 g/mol. The van der Waals surface area contributed by atoms with E-state index in [1.807, 2.05) is 0 Å². The summed E-state index contributed by atoms with van der Waals surface area (Å²) in [5.74, 6) is 0.0306. The fourth-order valence-corrected chi connectivity index (χ4v) is 2.22. The summed E-state index contributed by atoms with van der Waals surface area (Å²) in [4.78, 5) is 16.5. The van der Waals surface area contributed by atoms with Gasteiger partial charge in [0.15, 0.2) is 0 Å². The summed E-state index contributed by atoms with van der Waals surface area (Å²) in [7, 11) is 0. The van der Waals surface area contributed by atoms with Gasteiger partial charge < -0.3 is 5.32 Å². The van der Waals surface area contributed by atoms with Crippen molar-refractivity contribution in [3.05, 3.63) is 16.1 Å². The van der Waals surface area contributed by atoms with Gasteiger partial charge in [-0.15, -0.1) is 11.3 Å². The normalized spacial score (nSPS) is 20.3. The van der Waals surface area contributed by atoms with Gasteiger partial charge in [0.1, 0.15) is 4.88 Å². The van der Waals surface area contributed by atoms with Gasteiger partial charge in [0, 0.05) is 6.54 Å². The standard InChI is InChI=1S/C9H12N2OS/c1-9(2)3-6-7(13-5-11-6)8(12)10-4-9/h5H,3-4H2,1-2H3,(H,10,12). The molecular formula is C9H12N2OS. The summed E-state index contributed by atoms with van der Waals surface area (Å²) in [6.45, 7) is 5.01. The molecule has 13 heavy (non-hydrogen) atoms. The number of amides is 1. The molecule has 0 aromatic carbocycles. The first-order valence-electron chi connectivity index (χ1n) is 4.29. The highest BCUT2D eigenvalue weighted by Crippen LogP contribution is 2.27. The maximum Gasteiger partial charge on any atom is 0.263 e. The van der Waals surface area contributed by atoms with E-state index in [1.54, 1.807) is 5.51 Å². The Morgan fingerprint density at radius 1 is 1.62 bits per heavy atom. The quantitative estimate of drug-likeness (QED) is 0.682. The molecule has 0 saturated carbocycles. The number of hydrogen-bond donors (Lipinski definition) is 1. The van der Waals surface area contributed by atoms with E-state index in [0.29, 0.717) is 0 Å². The van der Waals surface area contributed by atoms with Crippen LogP contribution in [0.2, 0.25) is 0 Å². The van der Waals surface area contributed by atoms with Crippen LogP contribution in [0.3, 0.4) is 0 Å². The first-order valence-corrected chi connectivity index (χ1v) is 5.17. The number of nitrogens with one attached hydrogen (secondary N) is 1. The molecule has 0 radical (unpaired) electrons. The van der Waals surface area contributed by atoms with E-state index in [9.17, 15) is 4.79 Å². The van der Waals surface area contributed by atoms with Crippen LogP contribution in [0.15, 0.2) is 5.51 Å². The summed E-state index contributed by atoms with van der Waals surface area (Å²) < 4.78 is 0. The van der Waals surface area contributed by atoms with E-state index in [-0.39, 0.29) is 11.3 Å². The van der Waals surface area contributed by atoms with Gasteiger partial charge in [-0.3, -0.25) is 4.79 Å². The molecule has 4 heteroatoms. The first kappa shape index (κ1) is 8.69. The predicted molar refractivity (Wildman–Crippen MR) is 51.9 cm³/mol. The molecule has 1 aromatic rings. The van der Waals surface area contributed by atoms with Crippen LogP contribution in [-0.2, 0) is 6.42 Å². The second-order valence-electron chi connectivity index (χ2n) is 4.15. The zero-order valence-electron chi connectivity index (χ0n) is 7.76. The topological polar surface area (TPSA) is 42.0 Å². The van der Waals surface area contributed by atoms with Crippen molar-refractivity contribution >= 4 is 17.2 Å². The second-order valence-corrected chi connectivity index (χ2v) is 5.01. The number of thiazole rings is 1. The van der Waals surface area contributed by atoms with E-state index in [0.717, 1.165) is 23.5 Å². The summed E-state index contributed by atoms with van der Waals surface area (Å²) in [6.07, 6.45) is 0.880. The molecule has 0 atom stereocenters. The van der Waals surface area contributed by atoms with Crippen LogP contribution in [0.25, 0.3) is 0 Å². The fraction of sp³-hybridized carbons (Fsp3) is 0.556. The van der Waals surface area contributed by atoms with Crippen LogP contribution in [-0.4, -0.2) is 17.4 Å². The van der Waals surface area contributed by atoms with Gasteiger partial charge in [0.05, 0.1) is 11.2 Å². The maximum atomic E-state index is 11.5. The Morgan fingerprint density at radius 3 is 3.15 bits per heavy atom. The van der Waals surface area contributed by atoms with E-state index >= 15 is 0 Å². The molecule has 3 nitrogen and oxygen atoms in total. The molecule has 2 rings (SSSR count). The van der Waals surface area contributed by atoms with Gasteiger partial charge in [-0.05, 0) is 11.8 Å². The van der Waals surface area contributed by atoms with E-state index in [4.69, 9.17) is 0 Å². The van der Waals surface area contributed by atoms with Crippen molar-refractivity contribution < 1.29 is 4.79 Å². The van der Waals surface area contributed by atoms with E-state index in [1.165, 1.54) is 11.3 Å². The molecule has 0 fully saturated rings. The third-order valence-corrected chi connectivity index (χ3v) is 3.09. The first-order chi connectivity index (χ1) is 6.08. The van der Waals surface area contributed by atoms with Crippen molar-refractivity contribution in [2.75, 3.05) is 6.54 Å². The Hall–Kier alpha value is -0.900. The van der Waals surface area contributed by atoms with Crippen LogP contribution in [0.4, 0.5) is 0 Å². The summed E-state index contributed by atoms with van der Waals surface area (Å²) in [6, 6.07) is 0.